The highest BCUT2D eigenvalue weighted by molar-refractivity contribution is 5.89. The van der Waals surface area contributed by atoms with E-state index in [0.717, 1.165) is 5.57 Å². The lowest BCUT2D eigenvalue weighted by atomic mass is 10.1. The fraction of sp³-hybridized carbons (Fsp3) is 0.545. The third kappa shape index (κ3) is 3.56. The number of carboxylic acid groups (broad SMARTS) is 1. The normalized spacial score (nSPS) is 17.3. The van der Waals surface area contributed by atoms with Gasteiger partial charge in [0.05, 0.1) is 0 Å². The molecule has 0 aromatic heterocycles. The molecule has 0 aromatic carbocycles. The Kier molecular flexibility index (Phi) is 5.31. The Bertz CT molecular complexity index is 378. The second kappa shape index (κ2) is 6.75. The van der Waals surface area contributed by atoms with Crippen LogP contribution in [0.1, 0.15) is 6.42 Å². The number of aliphatic carboxylic acids is 1. The first kappa shape index (κ1) is 14.2. The van der Waals surface area contributed by atoms with Crippen molar-refractivity contribution in [2.75, 3.05) is 27.2 Å². The SMILES string of the molecule is CN=C(NC=O)N1CC=C(CC(NC)C(=O)O)C1. The van der Waals surface area contributed by atoms with E-state index in [-0.39, 0.29) is 0 Å². The molecule has 0 fully saturated rings. The molecule has 3 N–H and O–H groups in total. The van der Waals surface area contributed by atoms with Gasteiger partial charge in [0.25, 0.3) is 0 Å². The Morgan fingerprint density at radius 2 is 2.44 bits per heavy atom. The Morgan fingerprint density at radius 3 is 2.94 bits per heavy atom. The summed E-state index contributed by atoms with van der Waals surface area (Å²) in [6, 6.07) is -0.586. The van der Waals surface area contributed by atoms with E-state index >= 15 is 0 Å². The van der Waals surface area contributed by atoms with Crippen LogP contribution in [0.5, 0.6) is 0 Å². The van der Waals surface area contributed by atoms with Gasteiger partial charge in [0.1, 0.15) is 6.04 Å². The molecule has 100 valence electrons. The first-order valence-corrected chi connectivity index (χ1v) is 5.62. The number of rotatable bonds is 5. The van der Waals surface area contributed by atoms with Gasteiger partial charge >= 0.3 is 5.97 Å². The Balaban J connectivity index is 2.54. The summed E-state index contributed by atoms with van der Waals surface area (Å²) in [5.74, 6) is -0.375. The summed E-state index contributed by atoms with van der Waals surface area (Å²) >= 11 is 0. The lowest BCUT2D eigenvalue weighted by Gasteiger charge is -2.20. The largest absolute Gasteiger partial charge is 0.480 e. The quantitative estimate of drug-likeness (QED) is 0.254. The van der Waals surface area contributed by atoms with Crippen LogP contribution in [0, 0.1) is 0 Å². The van der Waals surface area contributed by atoms with Crippen LogP contribution in [0.3, 0.4) is 0 Å². The number of likely N-dealkylation sites (N-methyl/N-ethyl adjacent to an activating group) is 1. The molecule has 0 spiro atoms. The molecule has 0 aromatic rings. The zero-order valence-corrected chi connectivity index (χ0v) is 10.5. The van der Waals surface area contributed by atoms with E-state index in [2.05, 4.69) is 15.6 Å². The van der Waals surface area contributed by atoms with Crippen molar-refractivity contribution in [3.8, 4) is 0 Å². The smallest absolute Gasteiger partial charge is 0.321 e. The third-order valence-electron chi connectivity index (χ3n) is 2.81. The standard InChI is InChI=1S/C11H18N4O3/c1-12-9(10(17)18)5-8-3-4-15(6-8)11(13-2)14-7-16/h3,7,9,12H,4-6H2,1-2H3,(H,17,18)(H,13,14,16). The maximum absolute atomic E-state index is 10.9. The van der Waals surface area contributed by atoms with Crippen molar-refractivity contribution in [1.29, 1.82) is 0 Å². The van der Waals surface area contributed by atoms with Crippen LogP contribution in [-0.2, 0) is 9.59 Å². The van der Waals surface area contributed by atoms with Crippen molar-refractivity contribution in [2.24, 2.45) is 4.99 Å². The van der Waals surface area contributed by atoms with E-state index < -0.39 is 12.0 Å². The molecule has 0 bridgehead atoms. The molecule has 0 saturated carbocycles. The van der Waals surface area contributed by atoms with E-state index in [1.807, 2.05) is 11.0 Å². The third-order valence-corrected chi connectivity index (χ3v) is 2.81. The van der Waals surface area contributed by atoms with Crippen LogP contribution >= 0.6 is 0 Å². The van der Waals surface area contributed by atoms with Gasteiger partial charge in [0, 0.05) is 20.1 Å². The Hall–Kier alpha value is -1.89. The van der Waals surface area contributed by atoms with Crippen LogP contribution < -0.4 is 10.6 Å². The van der Waals surface area contributed by atoms with Gasteiger partial charge in [0.2, 0.25) is 12.4 Å². The molecule has 1 atom stereocenters. The van der Waals surface area contributed by atoms with Gasteiger partial charge in [-0.1, -0.05) is 11.6 Å². The molecule has 0 radical (unpaired) electrons. The van der Waals surface area contributed by atoms with Crippen molar-refractivity contribution >= 4 is 18.3 Å². The number of carboxylic acids is 1. The van der Waals surface area contributed by atoms with Crippen LogP contribution in [0.25, 0.3) is 0 Å². The van der Waals surface area contributed by atoms with Crippen molar-refractivity contribution < 1.29 is 14.7 Å². The summed E-state index contributed by atoms with van der Waals surface area (Å²) in [6.45, 7) is 1.21. The van der Waals surface area contributed by atoms with E-state index in [1.165, 1.54) is 0 Å². The first-order chi connectivity index (χ1) is 8.62. The van der Waals surface area contributed by atoms with Crippen LogP contribution in [0.15, 0.2) is 16.6 Å². The molecule has 1 aliphatic heterocycles. The number of carbonyl (C=O) groups is 2. The van der Waals surface area contributed by atoms with Gasteiger partial charge in [-0.15, -0.1) is 0 Å². The van der Waals surface area contributed by atoms with Crippen molar-refractivity contribution in [3.63, 3.8) is 0 Å². The summed E-state index contributed by atoms with van der Waals surface area (Å²) in [5.41, 5.74) is 1.02. The lowest BCUT2D eigenvalue weighted by Crippen LogP contribution is -2.40. The minimum absolute atomic E-state index is 0.445. The van der Waals surface area contributed by atoms with E-state index in [1.54, 1.807) is 14.1 Å². The number of nitrogens with zero attached hydrogens (tertiary/aromatic N) is 2. The second-order valence-corrected chi connectivity index (χ2v) is 3.94. The molecule has 7 heteroatoms. The maximum atomic E-state index is 10.9. The van der Waals surface area contributed by atoms with Gasteiger partial charge in [-0.3, -0.25) is 19.9 Å². The Morgan fingerprint density at radius 1 is 1.72 bits per heavy atom. The summed E-state index contributed by atoms with van der Waals surface area (Å²) in [5, 5.41) is 14.2. The molecule has 1 heterocycles. The zero-order valence-electron chi connectivity index (χ0n) is 10.5. The molecular formula is C11H18N4O3. The van der Waals surface area contributed by atoms with Gasteiger partial charge in [-0.05, 0) is 13.5 Å². The van der Waals surface area contributed by atoms with E-state index in [0.29, 0.717) is 31.9 Å². The van der Waals surface area contributed by atoms with Gasteiger partial charge in [0.15, 0.2) is 0 Å². The minimum Gasteiger partial charge on any atom is -0.480 e. The predicted molar refractivity (Wildman–Crippen MR) is 67.3 cm³/mol. The highest BCUT2D eigenvalue weighted by atomic mass is 16.4. The number of guanidine groups is 1. The van der Waals surface area contributed by atoms with Crippen LogP contribution in [-0.4, -0.2) is 61.6 Å². The molecule has 1 amide bonds. The molecule has 1 rings (SSSR count). The van der Waals surface area contributed by atoms with Crippen molar-refractivity contribution in [3.05, 3.63) is 11.6 Å². The minimum atomic E-state index is -0.868. The molecule has 1 aliphatic rings. The fourth-order valence-electron chi connectivity index (χ4n) is 1.85. The van der Waals surface area contributed by atoms with Crippen LogP contribution in [0.4, 0.5) is 0 Å². The first-order valence-electron chi connectivity index (χ1n) is 5.62. The summed E-state index contributed by atoms with van der Waals surface area (Å²) in [4.78, 5) is 27.1. The zero-order chi connectivity index (χ0) is 13.5. The van der Waals surface area contributed by atoms with Gasteiger partial charge < -0.3 is 15.3 Å². The molecule has 7 nitrogen and oxygen atoms in total. The van der Waals surface area contributed by atoms with E-state index in [9.17, 15) is 9.59 Å². The highest BCUT2D eigenvalue weighted by Crippen LogP contribution is 2.14. The number of aliphatic imine (C=N–C) groups is 1. The lowest BCUT2D eigenvalue weighted by molar-refractivity contribution is -0.139. The maximum Gasteiger partial charge on any atom is 0.321 e. The number of carbonyl (C=O) groups excluding carboxylic acids is 1. The number of hydrogen-bond donors (Lipinski definition) is 3. The van der Waals surface area contributed by atoms with Crippen LogP contribution in [0.2, 0.25) is 0 Å². The van der Waals surface area contributed by atoms with Crippen molar-refractivity contribution in [1.82, 2.24) is 15.5 Å². The number of nitrogens with one attached hydrogen (secondary N) is 2. The molecule has 0 saturated heterocycles. The molecule has 1 unspecified atom stereocenters. The van der Waals surface area contributed by atoms with Gasteiger partial charge in [-0.25, -0.2) is 0 Å². The summed E-state index contributed by atoms with van der Waals surface area (Å²) < 4.78 is 0. The van der Waals surface area contributed by atoms with Gasteiger partial charge in [-0.2, -0.15) is 0 Å². The predicted octanol–water partition coefficient (Wildman–Crippen LogP) is -0.977. The average molecular weight is 254 g/mol. The molecule has 18 heavy (non-hydrogen) atoms. The topological polar surface area (TPSA) is 94.0 Å². The average Bonchev–Trinajstić information content (AvgIpc) is 2.81. The van der Waals surface area contributed by atoms with E-state index in [4.69, 9.17) is 5.11 Å². The molecule has 0 aliphatic carbocycles. The molecular weight excluding hydrogens is 236 g/mol. The highest BCUT2D eigenvalue weighted by Gasteiger charge is 2.22. The second-order valence-electron chi connectivity index (χ2n) is 3.94. The fourth-order valence-corrected chi connectivity index (χ4v) is 1.85. The Labute approximate surface area is 106 Å². The monoisotopic (exact) mass is 254 g/mol. The summed E-state index contributed by atoms with van der Waals surface area (Å²) in [7, 11) is 3.22. The number of hydrogen-bond acceptors (Lipinski definition) is 4. The van der Waals surface area contributed by atoms with Crippen molar-refractivity contribution in [2.45, 2.75) is 12.5 Å². The number of amides is 1. The summed E-state index contributed by atoms with van der Waals surface area (Å²) in [6.07, 6.45) is 2.99.